The molecule has 0 saturated carbocycles. The van der Waals surface area contributed by atoms with Crippen LogP contribution in [0.1, 0.15) is 30.8 Å². The Morgan fingerprint density at radius 2 is 2.25 bits per heavy atom. The fourth-order valence-corrected chi connectivity index (χ4v) is 2.51. The van der Waals surface area contributed by atoms with Crippen molar-refractivity contribution in [3.05, 3.63) is 29.8 Å². The number of nitrogens with zero attached hydrogens (tertiary/aromatic N) is 5. The Morgan fingerprint density at radius 3 is 2.90 bits per heavy atom. The van der Waals surface area contributed by atoms with Crippen LogP contribution >= 0.6 is 11.8 Å². The fourth-order valence-electron chi connectivity index (χ4n) is 1.80. The lowest BCUT2D eigenvalue weighted by Crippen LogP contribution is -2.19. The maximum atomic E-state index is 9.02. The molecule has 0 aliphatic rings. The lowest BCUT2D eigenvalue weighted by Gasteiger charge is -2.18. The van der Waals surface area contributed by atoms with Crippen LogP contribution in [-0.2, 0) is 0 Å². The molecular formula is C13H15N5OS. The van der Waals surface area contributed by atoms with Gasteiger partial charge in [0.2, 0.25) is 5.89 Å². The highest BCUT2D eigenvalue weighted by molar-refractivity contribution is 7.99. The van der Waals surface area contributed by atoms with E-state index in [0.29, 0.717) is 21.7 Å². The quantitative estimate of drug-likeness (QED) is 0.836. The summed E-state index contributed by atoms with van der Waals surface area (Å²) in [6, 6.07) is 5.62. The van der Waals surface area contributed by atoms with E-state index in [0.717, 1.165) is 6.42 Å². The molecule has 0 radical (unpaired) electrons. The van der Waals surface area contributed by atoms with Crippen molar-refractivity contribution in [3.8, 4) is 6.07 Å². The van der Waals surface area contributed by atoms with Crippen molar-refractivity contribution in [2.45, 2.75) is 29.6 Å². The van der Waals surface area contributed by atoms with Gasteiger partial charge in [-0.25, -0.2) is 4.98 Å². The van der Waals surface area contributed by atoms with Crippen LogP contribution in [0.2, 0.25) is 0 Å². The second-order valence-corrected chi connectivity index (χ2v) is 5.30. The number of hydrogen-bond donors (Lipinski definition) is 0. The van der Waals surface area contributed by atoms with Crippen LogP contribution in [0, 0.1) is 11.3 Å². The first-order valence-corrected chi connectivity index (χ1v) is 7.00. The SMILES string of the molecule is CCC(c1nnc(Sc2ncccc2C#N)o1)N(C)C. The molecule has 1 unspecified atom stereocenters. The maximum absolute atomic E-state index is 9.02. The summed E-state index contributed by atoms with van der Waals surface area (Å²) in [6.07, 6.45) is 2.52. The lowest BCUT2D eigenvalue weighted by molar-refractivity contribution is 0.233. The zero-order valence-corrected chi connectivity index (χ0v) is 12.4. The topological polar surface area (TPSA) is 78.8 Å². The lowest BCUT2D eigenvalue weighted by atomic mass is 10.2. The van der Waals surface area contributed by atoms with E-state index in [4.69, 9.17) is 9.68 Å². The molecule has 2 aromatic rings. The van der Waals surface area contributed by atoms with Crippen LogP contribution < -0.4 is 0 Å². The zero-order chi connectivity index (χ0) is 14.5. The molecule has 2 aromatic heterocycles. The van der Waals surface area contributed by atoms with Crippen LogP contribution in [0.3, 0.4) is 0 Å². The van der Waals surface area contributed by atoms with Crippen molar-refractivity contribution >= 4 is 11.8 Å². The maximum Gasteiger partial charge on any atom is 0.283 e. The summed E-state index contributed by atoms with van der Waals surface area (Å²) in [7, 11) is 3.94. The Labute approximate surface area is 121 Å². The van der Waals surface area contributed by atoms with Gasteiger partial charge in [0.25, 0.3) is 5.22 Å². The van der Waals surface area contributed by atoms with E-state index < -0.39 is 0 Å². The first-order chi connectivity index (χ1) is 9.65. The van der Waals surface area contributed by atoms with Crippen molar-refractivity contribution in [1.29, 1.82) is 5.26 Å². The molecule has 20 heavy (non-hydrogen) atoms. The molecule has 0 saturated heterocycles. The molecule has 2 rings (SSSR count). The molecular weight excluding hydrogens is 274 g/mol. The van der Waals surface area contributed by atoms with E-state index in [-0.39, 0.29) is 6.04 Å². The highest BCUT2D eigenvalue weighted by Gasteiger charge is 2.20. The third-order valence-electron chi connectivity index (χ3n) is 2.79. The van der Waals surface area contributed by atoms with Gasteiger partial charge in [0, 0.05) is 6.20 Å². The van der Waals surface area contributed by atoms with E-state index in [9.17, 15) is 0 Å². The molecule has 0 N–H and O–H groups in total. The van der Waals surface area contributed by atoms with Gasteiger partial charge in [-0.1, -0.05) is 6.92 Å². The van der Waals surface area contributed by atoms with Crippen molar-refractivity contribution in [2.75, 3.05) is 14.1 Å². The molecule has 1 atom stereocenters. The number of nitriles is 1. The van der Waals surface area contributed by atoms with Gasteiger partial charge in [-0.3, -0.25) is 4.90 Å². The number of pyridine rings is 1. The third kappa shape index (κ3) is 3.15. The summed E-state index contributed by atoms with van der Waals surface area (Å²) in [4.78, 5) is 6.19. The van der Waals surface area contributed by atoms with Crippen molar-refractivity contribution in [1.82, 2.24) is 20.1 Å². The normalized spacial score (nSPS) is 12.3. The van der Waals surface area contributed by atoms with Crippen LogP contribution in [-0.4, -0.2) is 34.2 Å². The van der Waals surface area contributed by atoms with Gasteiger partial charge in [0.15, 0.2) is 0 Å². The molecule has 104 valence electrons. The van der Waals surface area contributed by atoms with Crippen LogP contribution in [0.4, 0.5) is 0 Å². The van der Waals surface area contributed by atoms with Gasteiger partial charge in [0.05, 0.1) is 11.6 Å². The van der Waals surface area contributed by atoms with E-state index in [1.165, 1.54) is 11.8 Å². The van der Waals surface area contributed by atoms with Crippen molar-refractivity contribution < 1.29 is 4.42 Å². The zero-order valence-electron chi connectivity index (χ0n) is 11.6. The molecule has 0 bridgehead atoms. The standard InChI is InChI=1S/C13H15N5OS/c1-4-10(18(2)3)11-16-17-13(19-11)20-12-9(8-14)6-5-7-15-12/h5-7,10H,4H2,1-3H3. The molecule has 0 amide bonds. The smallest absolute Gasteiger partial charge is 0.283 e. The molecule has 0 fully saturated rings. The molecule has 0 aromatic carbocycles. The fraction of sp³-hybridized carbons (Fsp3) is 0.385. The molecule has 0 aliphatic carbocycles. The van der Waals surface area contributed by atoms with E-state index in [1.54, 1.807) is 18.3 Å². The first kappa shape index (κ1) is 14.5. The minimum atomic E-state index is 0.0935. The van der Waals surface area contributed by atoms with Gasteiger partial charge >= 0.3 is 0 Å². The van der Waals surface area contributed by atoms with Gasteiger partial charge in [0.1, 0.15) is 11.1 Å². The van der Waals surface area contributed by atoms with Crippen LogP contribution in [0.15, 0.2) is 33.0 Å². The number of aromatic nitrogens is 3. The van der Waals surface area contributed by atoms with E-state index in [1.807, 2.05) is 19.0 Å². The Kier molecular flexibility index (Phi) is 4.71. The monoisotopic (exact) mass is 289 g/mol. The first-order valence-electron chi connectivity index (χ1n) is 6.18. The minimum absolute atomic E-state index is 0.0935. The highest BCUT2D eigenvalue weighted by Crippen LogP contribution is 2.29. The van der Waals surface area contributed by atoms with Gasteiger partial charge in [-0.2, -0.15) is 5.26 Å². The van der Waals surface area contributed by atoms with Crippen molar-refractivity contribution in [2.24, 2.45) is 0 Å². The summed E-state index contributed by atoms with van der Waals surface area (Å²) in [5, 5.41) is 18.1. The minimum Gasteiger partial charge on any atom is -0.414 e. The Bertz CT molecular complexity index is 619. The second kappa shape index (κ2) is 6.50. The molecule has 6 nitrogen and oxygen atoms in total. The summed E-state index contributed by atoms with van der Waals surface area (Å²) >= 11 is 1.21. The summed E-state index contributed by atoms with van der Waals surface area (Å²) < 4.78 is 5.65. The van der Waals surface area contributed by atoms with Gasteiger partial charge < -0.3 is 4.42 Å². The predicted octanol–water partition coefficient (Wildman–Crippen LogP) is 2.50. The van der Waals surface area contributed by atoms with Crippen LogP contribution in [0.5, 0.6) is 0 Å². The van der Waals surface area contributed by atoms with E-state index >= 15 is 0 Å². The van der Waals surface area contributed by atoms with Crippen LogP contribution in [0.25, 0.3) is 0 Å². The summed E-state index contributed by atoms with van der Waals surface area (Å²) in [6.45, 7) is 2.06. The average Bonchev–Trinajstić information content (AvgIpc) is 2.88. The molecule has 0 aliphatic heterocycles. The van der Waals surface area contributed by atoms with Gasteiger partial charge in [-0.15, -0.1) is 10.2 Å². The van der Waals surface area contributed by atoms with Crippen molar-refractivity contribution in [3.63, 3.8) is 0 Å². The summed E-state index contributed by atoms with van der Waals surface area (Å²) in [5.74, 6) is 0.578. The molecule has 7 heteroatoms. The highest BCUT2D eigenvalue weighted by atomic mass is 32.2. The molecule has 0 spiro atoms. The predicted molar refractivity (Wildman–Crippen MR) is 74.1 cm³/mol. The Morgan fingerprint density at radius 1 is 1.45 bits per heavy atom. The summed E-state index contributed by atoms with van der Waals surface area (Å²) in [5.41, 5.74) is 0.497. The van der Waals surface area contributed by atoms with E-state index in [2.05, 4.69) is 28.2 Å². The second-order valence-electron chi connectivity index (χ2n) is 4.36. The van der Waals surface area contributed by atoms with Gasteiger partial charge in [-0.05, 0) is 44.4 Å². The Balaban J connectivity index is 2.20. The number of hydrogen-bond acceptors (Lipinski definition) is 7. The largest absolute Gasteiger partial charge is 0.414 e. The Hall–Kier alpha value is -1.91. The molecule has 2 heterocycles. The third-order valence-corrected chi connectivity index (χ3v) is 3.65. The average molecular weight is 289 g/mol. The number of rotatable bonds is 5.